The van der Waals surface area contributed by atoms with Gasteiger partial charge in [-0.05, 0) is 32.3 Å². The van der Waals surface area contributed by atoms with Gasteiger partial charge in [0.05, 0.1) is 5.69 Å². The molecule has 22 heavy (non-hydrogen) atoms. The van der Waals surface area contributed by atoms with E-state index in [1.54, 1.807) is 0 Å². The Hall–Kier alpha value is -2.11. The van der Waals surface area contributed by atoms with Crippen LogP contribution in [0.25, 0.3) is 0 Å². The van der Waals surface area contributed by atoms with E-state index in [1.165, 1.54) is 5.56 Å². The Kier molecular flexibility index (Phi) is 4.00. The predicted octanol–water partition coefficient (Wildman–Crippen LogP) is 1.30. The van der Waals surface area contributed by atoms with Gasteiger partial charge < -0.3 is 9.88 Å². The molecule has 1 aliphatic rings. The maximum Gasteiger partial charge on any atom is 0.220 e. The zero-order valence-electron chi connectivity index (χ0n) is 13.5. The minimum Gasteiger partial charge on any atom is -0.352 e. The van der Waals surface area contributed by atoms with E-state index in [0.717, 1.165) is 43.0 Å². The average Bonchev–Trinajstić information content (AvgIpc) is 3.02. The number of imidazole rings is 1. The first-order valence-corrected chi connectivity index (χ1v) is 7.83. The topological polar surface area (TPSA) is 64.7 Å². The molecule has 6 heteroatoms. The number of hydrogen-bond acceptors (Lipinski definition) is 3. The molecule has 118 valence electrons. The minimum atomic E-state index is 0.121. The number of aryl methyl sites for hydroxylation is 3. The summed E-state index contributed by atoms with van der Waals surface area (Å²) in [7, 11) is 1.94. The number of nitrogens with one attached hydrogen (secondary N) is 1. The number of fused-ring (bicyclic) bond motifs is 1. The van der Waals surface area contributed by atoms with Gasteiger partial charge in [-0.25, -0.2) is 4.98 Å². The molecule has 6 nitrogen and oxygen atoms in total. The van der Waals surface area contributed by atoms with Gasteiger partial charge in [0.25, 0.3) is 0 Å². The third-order valence-corrected chi connectivity index (χ3v) is 4.56. The van der Waals surface area contributed by atoms with Crippen LogP contribution in [0.4, 0.5) is 0 Å². The molecule has 1 atom stereocenters. The minimum absolute atomic E-state index is 0.121. The number of amides is 1. The van der Waals surface area contributed by atoms with Gasteiger partial charge in [-0.2, -0.15) is 5.10 Å². The second kappa shape index (κ2) is 5.94. The number of carbonyl (C=O) groups is 1. The molecule has 0 spiro atoms. The molecule has 2 aromatic heterocycles. The van der Waals surface area contributed by atoms with Gasteiger partial charge in [-0.3, -0.25) is 9.48 Å². The molecule has 3 heterocycles. The highest BCUT2D eigenvalue weighted by atomic mass is 16.1. The van der Waals surface area contributed by atoms with Crippen LogP contribution < -0.4 is 5.32 Å². The molecule has 1 aliphatic heterocycles. The van der Waals surface area contributed by atoms with Gasteiger partial charge in [0.1, 0.15) is 5.82 Å². The fraction of sp³-hybridized carbons (Fsp3) is 0.562. The zero-order valence-corrected chi connectivity index (χ0v) is 13.5. The van der Waals surface area contributed by atoms with Gasteiger partial charge in [0.2, 0.25) is 5.91 Å². The molecule has 1 amide bonds. The van der Waals surface area contributed by atoms with E-state index in [1.807, 2.05) is 31.0 Å². The predicted molar refractivity (Wildman–Crippen MR) is 83.5 cm³/mol. The molecule has 2 aromatic rings. The summed E-state index contributed by atoms with van der Waals surface area (Å²) < 4.78 is 4.01. The Bertz CT molecular complexity index is 685. The molecule has 0 aliphatic carbocycles. The Labute approximate surface area is 130 Å². The number of carbonyl (C=O) groups excluding carboxylic acids is 1. The van der Waals surface area contributed by atoms with Crippen LogP contribution >= 0.6 is 0 Å². The van der Waals surface area contributed by atoms with Crippen molar-refractivity contribution < 1.29 is 4.79 Å². The average molecular weight is 301 g/mol. The summed E-state index contributed by atoms with van der Waals surface area (Å²) in [5, 5.41) is 7.55. The first-order chi connectivity index (χ1) is 10.5. The van der Waals surface area contributed by atoms with Crippen molar-refractivity contribution in [1.82, 2.24) is 24.6 Å². The van der Waals surface area contributed by atoms with Gasteiger partial charge in [-0.1, -0.05) is 0 Å². The van der Waals surface area contributed by atoms with Crippen molar-refractivity contribution in [2.24, 2.45) is 7.05 Å². The van der Waals surface area contributed by atoms with Crippen LogP contribution in [0.1, 0.15) is 35.6 Å². The lowest BCUT2D eigenvalue weighted by atomic mass is 10.1. The number of nitrogens with zero attached hydrogens (tertiary/aromatic N) is 4. The molecule has 0 saturated carbocycles. The summed E-state index contributed by atoms with van der Waals surface area (Å²) in [6.07, 6.45) is 6.97. The summed E-state index contributed by atoms with van der Waals surface area (Å²) >= 11 is 0. The van der Waals surface area contributed by atoms with Gasteiger partial charge in [0, 0.05) is 50.6 Å². The Morgan fingerprint density at radius 1 is 1.45 bits per heavy atom. The molecule has 0 unspecified atom stereocenters. The van der Waals surface area contributed by atoms with Crippen molar-refractivity contribution in [3.8, 4) is 0 Å². The van der Waals surface area contributed by atoms with Crippen LogP contribution in [0, 0.1) is 13.8 Å². The van der Waals surface area contributed by atoms with Crippen molar-refractivity contribution in [3.05, 3.63) is 35.2 Å². The van der Waals surface area contributed by atoms with Crippen molar-refractivity contribution in [2.45, 2.75) is 52.1 Å². The van der Waals surface area contributed by atoms with Crippen LogP contribution in [-0.2, 0) is 31.2 Å². The third kappa shape index (κ3) is 2.91. The molecule has 0 saturated heterocycles. The van der Waals surface area contributed by atoms with Gasteiger partial charge in [0.15, 0.2) is 0 Å². The quantitative estimate of drug-likeness (QED) is 0.925. The highest BCUT2D eigenvalue weighted by Crippen LogP contribution is 2.15. The summed E-state index contributed by atoms with van der Waals surface area (Å²) in [6.45, 7) is 4.88. The van der Waals surface area contributed by atoms with Crippen LogP contribution in [0.5, 0.6) is 0 Å². The molecule has 3 rings (SSSR count). The molecule has 0 fully saturated rings. The van der Waals surface area contributed by atoms with E-state index < -0.39 is 0 Å². The van der Waals surface area contributed by atoms with Crippen LogP contribution in [-0.4, -0.2) is 31.3 Å². The summed E-state index contributed by atoms with van der Waals surface area (Å²) in [4.78, 5) is 16.5. The second-order valence-electron chi connectivity index (χ2n) is 6.07. The molecule has 1 N–H and O–H groups in total. The summed E-state index contributed by atoms with van der Waals surface area (Å²) in [6, 6.07) is 0.213. The smallest absolute Gasteiger partial charge is 0.220 e. The number of hydrogen-bond donors (Lipinski definition) is 1. The SMILES string of the molecule is Cc1nn(C)c(C)c1CCC(=O)N[C@H]1CCc2nccn2C1. The van der Waals surface area contributed by atoms with Crippen LogP contribution in [0.15, 0.2) is 12.4 Å². The monoisotopic (exact) mass is 301 g/mol. The number of aromatic nitrogens is 4. The van der Waals surface area contributed by atoms with E-state index in [9.17, 15) is 4.79 Å². The molecule has 0 radical (unpaired) electrons. The first-order valence-electron chi connectivity index (χ1n) is 7.83. The lowest BCUT2D eigenvalue weighted by Gasteiger charge is -2.24. The first kappa shape index (κ1) is 14.8. The van der Waals surface area contributed by atoms with E-state index in [-0.39, 0.29) is 11.9 Å². The van der Waals surface area contributed by atoms with E-state index >= 15 is 0 Å². The fourth-order valence-corrected chi connectivity index (χ4v) is 3.20. The largest absolute Gasteiger partial charge is 0.352 e. The van der Waals surface area contributed by atoms with Crippen molar-refractivity contribution >= 4 is 5.91 Å². The van der Waals surface area contributed by atoms with E-state index in [2.05, 4.69) is 26.9 Å². The van der Waals surface area contributed by atoms with Crippen LogP contribution in [0.2, 0.25) is 0 Å². The summed E-state index contributed by atoms with van der Waals surface area (Å²) in [5.74, 6) is 1.24. The third-order valence-electron chi connectivity index (χ3n) is 4.56. The standard InChI is InChI=1S/C16H23N5O/c1-11-14(12(2)20(3)19-11)5-7-16(22)18-13-4-6-15-17-8-9-21(15)10-13/h8-9,13H,4-7,10H2,1-3H3,(H,18,22)/t13-/m0/s1. The van der Waals surface area contributed by atoms with Crippen molar-refractivity contribution in [1.29, 1.82) is 0 Å². The van der Waals surface area contributed by atoms with Gasteiger partial charge >= 0.3 is 0 Å². The summed E-state index contributed by atoms with van der Waals surface area (Å²) in [5.41, 5.74) is 3.36. The molecule has 0 aromatic carbocycles. The van der Waals surface area contributed by atoms with Crippen molar-refractivity contribution in [3.63, 3.8) is 0 Å². The maximum absolute atomic E-state index is 12.2. The number of rotatable bonds is 4. The van der Waals surface area contributed by atoms with E-state index in [4.69, 9.17) is 0 Å². The lowest BCUT2D eigenvalue weighted by Crippen LogP contribution is -2.41. The zero-order chi connectivity index (χ0) is 15.7. The van der Waals surface area contributed by atoms with Crippen LogP contribution in [0.3, 0.4) is 0 Å². The van der Waals surface area contributed by atoms with E-state index in [0.29, 0.717) is 6.42 Å². The Balaban J connectivity index is 1.53. The fourth-order valence-electron chi connectivity index (χ4n) is 3.20. The lowest BCUT2D eigenvalue weighted by molar-refractivity contribution is -0.122. The highest BCUT2D eigenvalue weighted by Gasteiger charge is 2.20. The maximum atomic E-state index is 12.2. The second-order valence-corrected chi connectivity index (χ2v) is 6.07. The molecular formula is C16H23N5O. The molecule has 0 bridgehead atoms. The Morgan fingerprint density at radius 2 is 2.27 bits per heavy atom. The highest BCUT2D eigenvalue weighted by molar-refractivity contribution is 5.76. The molecular weight excluding hydrogens is 278 g/mol. The normalized spacial score (nSPS) is 17.3. The Morgan fingerprint density at radius 3 is 3.00 bits per heavy atom. The van der Waals surface area contributed by atoms with Crippen molar-refractivity contribution in [2.75, 3.05) is 0 Å². The van der Waals surface area contributed by atoms with Gasteiger partial charge in [-0.15, -0.1) is 0 Å².